The molecule has 4 nitrogen and oxygen atoms in total. The fourth-order valence-corrected chi connectivity index (χ4v) is 9.03. The summed E-state index contributed by atoms with van der Waals surface area (Å²) in [6.07, 6.45) is 0. The lowest BCUT2D eigenvalue weighted by Gasteiger charge is -2.12. The molecule has 3 heterocycles. The van der Waals surface area contributed by atoms with E-state index in [1.807, 2.05) is 12.1 Å². The Hall–Kier alpha value is -8.21. The number of pyridine rings is 1. The van der Waals surface area contributed by atoms with Gasteiger partial charge in [0.25, 0.3) is 0 Å². The number of aromatic nitrogens is 4. The molecule has 0 aliphatic rings. The third-order valence-corrected chi connectivity index (χ3v) is 12.0. The van der Waals surface area contributed by atoms with Crippen molar-refractivity contribution in [1.29, 1.82) is 0 Å². The molecule has 0 radical (unpaired) electrons. The van der Waals surface area contributed by atoms with Crippen molar-refractivity contribution in [3.05, 3.63) is 218 Å². The average molecular weight is 777 g/mol. The van der Waals surface area contributed by atoms with Gasteiger partial charge in [0.2, 0.25) is 0 Å². The van der Waals surface area contributed by atoms with E-state index in [0.717, 1.165) is 88.5 Å². The molecule has 0 fully saturated rings. The molecule has 0 spiro atoms. The van der Waals surface area contributed by atoms with E-state index < -0.39 is 0 Å². The zero-order valence-corrected chi connectivity index (χ0v) is 33.1. The Morgan fingerprint density at radius 1 is 0.262 bits per heavy atom. The van der Waals surface area contributed by atoms with Gasteiger partial charge >= 0.3 is 0 Å². The molecule has 4 heteroatoms. The van der Waals surface area contributed by atoms with E-state index in [2.05, 4.69) is 211 Å². The zero-order valence-electron chi connectivity index (χ0n) is 33.1. The number of benzene rings is 9. The number of rotatable bonds is 6. The van der Waals surface area contributed by atoms with E-state index in [9.17, 15) is 0 Å². The van der Waals surface area contributed by atoms with Crippen LogP contribution in [0.15, 0.2) is 218 Å². The van der Waals surface area contributed by atoms with Crippen molar-refractivity contribution in [2.75, 3.05) is 0 Å². The number of nitrogens with zero attached hydrogens (tertiary/aromatic N) is 4. The summed E-state index contributed by atoms with van der Waals surface area (Å²) in [5.41, 5.74) is 14.9. The summed E-state index contributed by atoms with van der Waals surface area (Å²) >= 11 is 0. The van der Waals surface area contributed by atoms with Gasteiger partial charge in [-0.2, -0.15) is 0 Å². The minimum Gasteiger partial charge on any atom is -0.309 e. The molecule has 0 aliphatic carbocycles. The lowest BCUT2D eigenvalue weighted by Crippen LogP contribution is -1.95. The predicted molar refractivity (Wildman–Crippen MR) is 254 cm³/mol. The zero-order chi connectivity index (χ0) is 40.3. The van der Waals surface area contributed by atoms with Gasteiger partial charge in [-0.15, -0.1) is 0 Å². The molecule has 3 aromatic heterocycles. The summed E-state index contributed by atoms with van der Waals surface area (Å²) in [5.74, 6) is 0.698. The van der Waals surface area contributed by atoms with Gasteiger partial charge in [-0.25, -0.2) is 15.0 Å². The third-order valence-electron chi connectivity index (χ3n) is 12.0. The molecule has 12 aromatic rings. The Balaban J connectivity index is 1.02. The first kappa shape index (κ1) is 34.8. The maximum absolute atomic E-state index is 5.38. The highest BCUT2D eigenvalue weighted by molar-refractivity contribution is 6.19. The van der Waals surface area contributed by atoms with Gasteiger partial charge < -0.3 is 4.57 Å². The van der Waals surface area contributed by atoms with Gasteiger partial charge in [0.05, 0.1) is 33.5 Å². The summed E-state index contributed by atoms with van der Waals surface area (Å²) in [6.45, 7) is 0. The van der Waals surface area contributed by atoms with E-state index in [-0.39, 0.29) is 0 Å². The molecule has 0 N–H and O–H groups in total. The van der Waals surface area contributed by atoms with E-state index in [0.29, 0.717) is 5.82 Å². The van der Waals surface area contributed by atoms with Crippen LogP contribution in [0.25, 0.3) is 116 Å². The molecule has 0 amide bonds. The van der Waals surface area contributed by atoms with Crippen LogP contribution < -0.4 is 0 Å². The number of hydrogen-bond donors (Lipinski definition) is 0. The molecule has 61 heavy (non-hydrogen) atoms. The Labute approximate surface area is 352 Å². The Bertz CT molecular complexity index is 3610. The number of hydrogen-bond acceptors (Lipinski definition) is 3. The molecule has 0 aliphatic heterocycles. The van der Waals surface area contributed by atoms with Crippen LogP contribution in [-0.2, 0) is 0 Å². The van der Waals surface area contributed by atoms with Crippen molar-refractivity contribution in [3.8, 4) is 61.8 Å². The van der Waals surface area contributed by atoms with Crippen LogP contribution in [0, 0.1) is 0 Å². The van der Waals surface area contributed by atoms with Crippen LogP contribution in [0.1, 0.15) is 0 Å². The van der Waals surface area contributed by atoms with Crippen LogP contribution in [-0.4, -0.2) is 19.5 Å². The fraction of sp³-hybridized carbons (Fsp3) is 0. The molecular formula is C57H36N4. The maximum Gasteiger partial charge on any atom is 0.160 e. The molecule has 0 saturated heterocycles. The Morgan fingerprint density at radius 2 is 0.803 bits per heavy atom. The standard InChI is InChI=1S/C57H36N4/c1-4-15-37(16-5-1)38-27-29-40(30-28-38)56-47-25-12-13-26-51(47)59-57(60-56)43-20-14-19-41(33-43)42-31-32-53-49(34-42)50-35-52-48(36-54(50)61(53)44-21-8-3-9-22-44)45-23-10-11-24-46(45)55(58-52)39-17-6-2-7-18-39/h1-36H. The van der Waals surface area contributed by atoms with Crippen LogP contribution in [0.2, 0.25) is 0 Å². The second kappa shape index (κ2) is 14.3. The summed E-state index contributed by atoms with van der Waals surface area (Å²) in [6, 6.07) is 77.4. The second-order valence-electron chi connectivity index (χ2n) is 15.6. The SMILES string of the molecule is c1ccc(-c2ccc(-c3nc(-c4cccc(-c5ccc6c(c5)c5cc7nc(-c8ccccc8)c8ccccc8c7cc5n6-c5ccccc5)c4)nc4ccccc34)cc2)cc1. The van der Waals surface area contributed by atoms with E-state index in [1.54, 1.807) is 0 Å². The molecule has 0 atom stereocenters. The van der Waals surface area contributed by atoms with E-state index >= 15 is 0 Å². The normalized spacial score (nSPS) is 11.6. The fourth-order valence-electron chi connectivity index (χ4n) is 9.03. The van der Waals surface area contributed by atoms with Gasteiger partial charge in [-0.3, -0.25) is 0 Å². The molecule has 0 unspecified atom stereocenters. The van der Waals surface area contributed by atoms with Crippen molar-refractivity contribution in [3.63, 3.8) is 0 Å². The van der Waals surface area contributed by atoms with Crippen molar-refractivity contribution >= 4 is 54.4 Å². The maximum atomic E-state index is 5.38. The molecule has 0 bridgehead atoms. The minimum absolute atomic E-state index is 0.698. The summed E-state index contributed by atoms with van der Waals surface area (Å²) in [4.78, 5) is 15.8. The summed E-state index contributed by atoms with van der Waals surface area (Å²) < 4.78 is 2.39. The molecule has 284 valence electrons. The van der Waals surface area contributed by atoms with Gasteiger partial charge in [0.15, 0.2) is 5.82 Å². The van der Waals surface area contributed by atoms with Crippen molar-refractivity contribution < 1.29 is 0 Å². The van der Waals surface area contributed by atoms with Gasteiger partial charge in [0, 0.05) is 49.3 Å². The number of fused-ring (bicyclic) bond motifs is 7. The number of para-hydroxylation sites is 2. The molecule has 0 saturated carbocycles. The third kappa shape index (κ3) is 5.96. The summed E-state index contributed by atoms with van der Waals surface area (Å²) in [7, 11) is 0. The predicted octanol–water partition coefficient (Wildman–Crippen LogP) is 14.8. The topological polar surface area (TPSA) is 43.6 Å². The highest BCUT2D eigenvalue weighted by atomic mass is 15.0. The van der Waals surface area contributed by atoms with E-state index in [4.69, 9.17) is 15.0 Å². The Kier molecular flexibility index (Phi) is 8.13. The highest BCUT2D eigenvalue weighted by Gasteiger charge is 2.19. The van der Waals surface area contributed by atoms with Gasteiger partial charge in [-0.1, -0.05) is 170 Å². The quantitative estimate of drug-likeness (QED) is 0.158. The average Bonchev–Trinajstić information content (AvgIpc) is 3.66. The molecule has 9 aromatic carbocycles. The van der Waals surface area contributed by atoms with Crippen molar-refractivity contribution in [2.24, 2.45) is 0 Å². The Morgan fingerprint density at radius 3 is 1.59 bits per heavy atom. The van der Waals surface area contributed by atoms with Crippen molar-refractivity contribution in [1.82, 2.24) is 19.5 Å². The van der Waals surface area contributed by atoms with Crippen LogP contribution in [0.3, 0.4) is 0 Å². The first-order valence-electron chi connectivity index (χ1n) is 20.7. The van der Waals surface area contributed by atoms with Crippen LogP contribution >= 0.6 is 0 Å². The smallest absolute Gasteiger partial charge is 0.160 e. The lowest BCUT2D eigenvalue weighted by molar-refractivity contribution is 1.18. The van der Waals surface area contributed by atoms with Gasteiger partial charge in [-0.05, 0) is 76.2 Å². The lowest BCUT2D eigenvalue weighted by atomic mass is 9.98. The monoisotopic (exact) mass is 776 g/mol. The molecular weight excluding hydrogens is 741 g/mol. The van der Waals surface area contributed by atoms with Crippen LogP contribution in [0.5, 0.6) is 0 Å². The first-order valence-corrected chi connectivity index (χ1v) is 20.7. The summed E-state index contributed by atoms with van der Waals surface area (Å²) in [5, 5.41) is 6.83. The minimum atomic E-state index is 0.698. The molecule has 12 rings (SSSR count). The highest BCUT2D eigenvalue weighted by Crippen LogP contribution is 2.41. The van der Waals surface area contributed by atoms with Crippen LogP contribution in [0.4, 0.5) is 0 Å². The first-order chi connectivity index (χ1) is 30.2. The van der Waals surface area contributed by atoms with E-state index in [1.165, 1.54) is 21.9 Å². The van der Waals surface area contributed by atoms with Gasteiger partial charge in [0.1, 0.15) is 0 Å². The second-order valence-corrected chi connectivity index (χ2v) is 15.6. The van der Waals surface area contributed by atoms with Crippen molar-refractivity contribution in [2.45, 2.75) is 0 Å². The largest absolute Gasteiger partial charge is 0.309 e.